The van der Waals surface area contributed by atoms with Crippen molar-refractivity contribution in [1.29, 1.82) is 0 Å². The second-order valence-corrected chi connectivity index (χ2v) is 8.76. The minimum absolute atomic E-state index is 0.144. The third-order valence-corrected chi connectivity index (χ3v) is 6.28. The van der Waals surface area contributed by atoms with Crippen molar-refractivity contribution in [2.75, 3.05) is 20.1 Å². The fraction of sp³-hybridized carbons (Fsp3) is 0.381. The molecule has 1 fully saturated rings. The third-order valence-electron chi connectivity index (χ3n) is 5.39. The zero-order chi connectivity index (χ0) is 20.1. The van der Waals surface area contributed by atoms with E-state index in [1.807, 2.05) is 32.2 Å². The molecule has 150 valence electrons. The van der Waals surface area contributed by atoms with Crippen LogP contribution in [0.25, 0.3) is 27.1 Å². The molecular weight excluding hydrogens is 389 g/mol. The second kappa shape index (κ2) is 7.03. The first-order valence-corrected chi connectivity index (χ1v) is 10.6. The normalized spacial score (nSPS) is 16.1. The van der Waals surface area contributed by atoms with Crippen LogP contribution in [-0.2, 0) is 0 Å². The highest BCUT2D eigenvalue weighted by atomic mass is 32.1. The van der Waals surface area contributed by atoms with Gasteiger partial charge in [-0.05, 0) is 57.5 Å². The van der Waals surface area contributed by atoms with Crippen LogP contribution in [0.2, 0.25) is 0 Å². The molecule has 0 bridgehead atoms. The third kappa shape index (κ3) is 3.47. The summed E-state index contributed by atoms with van der Waals surface area (Å²) in [5, 5.41) is 5.16. The summed E-state index contributed by atoms with van der Waals surface area (Å²) in [5.41, 5.74) is 4.51. The van der Waals surface area contributed by atoms with Crippen molar-refractivity contribution in [2.45, 2.75) is 32.8 Å². The number of ether oxygens (including phenoxy) is 1. The highest BCUT2D eigenvalue weighted by molar-refractivity contribution is 7.20. The van der Waals surface area contributed by atoms with Crippen LogP contribution in [0.3, 0.4) is 0 Å². The van der Waals surface area contributed by atoms with E-state index in [4.69, 9.17) is 4.74 Å². The molecule has 8 heteroatoms. The smallest absolute Gasteiger partial charge is 0.274 e. The van der Waals surface area contributed by atoms with Gasteiger partial charge in [-0.15, -0.1) is 0 Å². The van der Waals surface area contributed by atoms with E-state index in [2.05, 4.69) is 27.0 Å². The first-order valence-electron chi connectivity index (χ1n) is 9.75. The van der Waals surface area contributed by atoms with E-state index in [0.29, 0.717) is 16.4 Å². The summed E-state index contributed by atoms with van der Waals surface area (Å²) >= 11 is 1.39. The lowest BCUT2D eigenvalue weighted by molar-refractivity contribution is 0.114. The van der Waals surface area contributed by atoms with Gasteiger partial charge in [0.25, 0.3) is 5.19 Å². The molecule has 1 saturated heterocycles. The van der Waals surface area contributed by atoms with Crippen molar-refractivity contribution in [2.24, 2.45) is 0 Å². The average molecular weight is 412 g/mol. The summed E-state index contributed by atoms with van der Waals surface area (Å²) in [5.74, 6) is -0.353. The number of rotatable bonds is 3. The Morgan fingerprint density at radius 3 is 2.72 bits per heavy atom. The van der Waals surface area contributed by atoms with Gasteiger partial charge in [0.05, 0.1) is 22.3 Å². The SMILES string of the molecule is Cc1cn2nc(-c3cc(F)c4nc(OC5CCN(C)CC5)sc4c3)cc(C)c2n1. The van der Waals surface area contributed by atoms with Crippen LogP contribution in [0.1, 0.15) is 24.1 Å². The maximum absolute atomic E-state index is 14.8. The van der Waals surface area contributed by atoms with Gasteiger partial charge in [0.2, 0.25) is 0 Å². The lowest BCUT2D eigenvalue weighted by Gasteiger charge is -2.28. The fourth-order valence-electron chi connectivity index (χ4n) is 3.80. The molecule has 0 unspecified atom stereocenters. The summed E-state index contributed by atoms with van der Waals surface area (Å²) in [6.45, 7) is 5.94. The molecule has 0 aliphatic carbocycles. The van der Waals surface area contributed by atoms with Gasteiger partial charge in [-0.2, -0.15) is 10.1 Å². The van der Waals surface area contributed by atoms with Crippen LogP contribution in [-0.4, -0.2) is 50.7 Å². The minimum Gasteiger partial charge on any atom is -0.467 e. The van der Waals surface area contributed by atoms with Crippen LogP contribution in [0, 0.1) is 19.7 Å². The number of thiazole rings is 1. The molecular formula is C21H22FN5OS. The van der Waals surface area contributed by atoms with Gasteiger partial charge >= 0.3 is 0 Å². The standard InChI is InChI=1S/C21H22FN5OS/c1-12-8-17(25-27-11-13(2)23-20(12)27)14-9-16(22)19-18(10-14)29-21(24-19)28-15-4-6-26(3)7-5-15/h8-11,15H,4-7H2,1-3H3. The molecule has 0 radical (unpaired) electrons. The van der Waals surface area contributed by atoms with Crippen molar-refractivity contribution in [3.8, 4) is 16.5 Å². The Morgan fingerprint density at radius 2 is 1.93 bits per heavy atom. The van der Waals surface area contributed by atoms with Gasteiger partial charge in [-0.3, -0.25) is 0 Å². The Balaban J connectivity index is 1.49. The Labute approximate surface area is 172 Å². The maximum atomic E-state index is 14.8. The van der Waals surface area contributed by atoms with Gasteiger partial charge in [0.1, 0.15) is 11.6 Å². The van der Waals surface area contributed by atoms with Gasteiger partial charge in [-0.1, -0.05) is 11.3 Å². The van der Waals surface area contributed by atoms with Crippen LogP contribution in [0.4, 0.5) is 4.39 Å². The molecule has 1 aliphatic rings. The van der Waals surface area contributed by atoms with E-state index in [1.165, 1.54) is 17.4 Å². The quantitative estimate of drug-likeness (QED) is 0.505. The zero-order valence-corrected chi connectivity index (χ0v) is 17.5. The van der Waals surface area contributed by atoms with Crippen molar-refractivity contribution in [1.82, 2.24) is 24.5 Å². The first kappa shape index (κ1) is 18.4. The van der Waals surface area contributed by atoms with Crippen LogP contribution in [0.5, 0.6) is 5.19 Å². The summed E-state index contributed by atoms with van der Waals surface area (Å²) in [6, 6.07) is 5.38. The highest BCUT2D eigenvalue weighted by Gasteiger charge is 2.21. The highest BCUT2D eigenvalue weighted by Crippen LogP contribution is 2.34. The van der Waals surface area contributed by atoms with E-state index >= 15 is 0 Å². The zero-order valence-electron chi connectivity index (χ0n) is 16.6. The molecule has 5 rings (SSSR count). The number of hydrogen-bond acceptors (Lipinski definition) is 6. The topological polar surface area (TPSA) is 55.6 Å². The molecule has 0 saturated carbocycles. The lowest BCUT2D eigenvalue weighted by atomic mass is 10.1. The van der Waals surface area contributed by atoms with Crippen molar-refractivity contribution in [3.63, 3.8) is 0 Å². The van der Waals surface area contributed by atoms with E-state index < -0.39 is 0 Å². The number of halogens is 1. The van der Waals surface area contributed by atoms with Crippen LogP contribution in [0.15, 0.2) is 24.4 Å². The number of aryl methyl sites for hydroxylation is 2. The number of benzene rings is 1. The average Bonchev–Trinajstić information content (AvgIpc) is 3.26. The lowest BCUT2D eigenvalue weighted by Crippen LogP contribution is -2.35. The summed E-state index contributed by atoms with van der Waals surface area (Å²) < 4.78 is 23.4. The number of fused-ring (bicyclic) bond motifs is 2. The summed E-state index contributed by atoms with van der Waals surface area (Å²) in [4.78, 5) is 11.2. The molecule has 1 aliphatic heterocycles. The van der Waals surface area contributed by atoms with Crippen molar-refractivity contribution < 1.29 is 9.13 Å². The van der Waals surface area contributed by atoms with Gasteiger partial charge in [0.15, 0.2) is 11.5 Å². The molecule has 4 aromatic rings. The Kier molecular flexibility index (Phi) is 4.48. The predicted octanol–water partition coefficient (Wildman–Crippen LogP) is 4.23. The number of piperidine rings is 1. The van der Waals surface area contributed by atoms with E-state index in [-0.39, 0.29) is 11.9 Å². The van der Waals surface area contributed by atoms with Gasteiger partial charge in [-0.25, -0.2) is 13.9 Å². The Hall–Kier alpha value is -2.58. The van der Waals surface area contributed by atoms with Crippen LogP contribution >= 0.6 is 11.3 Å². The summed E-state index contributed by atoms with van der Waals surface area (Å²) in [7, 11) is 2.11. The molecule has 0 spiro atoms. The molecule has 0 N–H and O–H groups in total. The number of likely N-dealkylation sites (tertiary alicyclic amines) is 1. The van der Waals surface area contributed by atoms with Gasteiger partial charge in [0, 0.05) is 18.7 Å². The Morgan fingerprint density at radius 1 is 1.14 bits per heavy atom. The fourth-order valence-corrected chi connectivity index (χ4v) is 4.73. The number of hydrogen-bond donors (Lipinski definition) is 0. The van der Waals surface area contributed by atoms with Crippen molar-refractivity contribution >= 4 is 27.2 Å². The van der Waals surface area contributed by atoms with Crippen molar-refractivity contribution in [3.05, 3.63) is 41.5 Å². The minimum atomic E-state index is -0.353. The first-order chi connectivity index (χ1) is 14.0. The predicted molar refractivity (Wildman–Crippen MR) is 112 cm³/mol. The molecule has 0 amide bonds. The number of aromatic nitrogens is 4. The molecule has 6 nitrogen and oxygen atoms in total. The second-order valence-electron chi connectivity index (χ2n) is 7.77. The van der Waals surface area contributed by atoms with Gasteiger partial charge < -0.3 is 9.64 Å². The largest absolute Gasteiger partial charge is 0.467 e. The summed E-state index contributed by atoms with van der Waals surface area (Å²) in [6.07, 6.45) is 3.95. The van der Waals surface area contributed by atoms with Crippen LogP contribution < -0.4 is 4.74 Å². The molecule has 4 heterocycles. The molecule has 0 atom stereocenters. The molecule has 3 aromatic heterocycles. The monoisotopic (exact) mass is 411 g/mol. The number of nitrogens with zero attached hydrogens (tertiary/aromatic N) is 5. The molecule has 29 heavy (non-hydrogen) atoms. The molecule has 1 aromatic carbocycles. The Bertz CT molecular complexity index is 1210. The van der Waals surface area contributed by atoms with E-state index in [1.54, 1.807) is 4.52 Å². The van der Waals surface area contributed by atoms with E-state index in [9.17, 15) is 4.39 Å². The number of imidazole rings is 1. The van der Waals surface area contributed by atoms with E-state index in [0.717, 1.165) is 53.1 Å². The maximum Gasteiger partial charge on any atom is 0.274 e.